The molecule has 0 atom stereocenters. The number of allylic oxidation sites excluding steroid dienone is 1. The summed E-state index contributed by atoms with van der Waals surface area (Å²) in [6.45, 7) is 4.88. The number of ketones is 2. The van der Waals surface area contributed by atoms with E-state index in [1.165, 1.54) is 0 Å². The van der Waals surface area contributed by atoms with E-state index < -0.39 is 24.0 Å². The Morgan fingerprint density at radius 1 is 1.42 bits per heavy atom. The number of Topliss-reactive ketones (excluding diaryl/α,β-unsaturated/α-hetero) is 1. The van der Waals surface area contributed by atoms with Gasteiger partial charge in [0, 0.05) is 0 Å². The Hall–Kier alpha value is -1.45. The number of carbonyl (C=O) groups is 3. The number of rotatable bonds is 5. The molecule has 0 rings (SSSR count). The maximum atomic E-state index is 10.8. The first-order chi connectivity index (χ1) is 5.61. The van der Waals surface area contributed by atoms with Gasteiger partial charge in [0.25, 0.3) is 0 Å². The van der Waals surface area contributed by atoms with Gasteiger partial charge in [-0.15, -0.1) is 0 Å². The zero-order chi connectivity index (χ0) is 9.56. The van der Waals surface area contributed by atoms with Gasteiger partial charge in [0.2, 0.25) is 5.78 Å². The summed E-state index contributed by atoms with van der Waals surface area (Å²) < 4.78 is 4.37. The summed E-state index contributed by atoms with van der Waals surface area (Å²) >= 11 is 0. The molecule has 4 nitrogen and oxygen atoms in total. The molecule has 0 spiro atoms. The second-order valence-corrected chi connectivity index (χ2v) is 1.99. The van der Waals surface area contributed by atoms with Gasteiger partial charge in [-0.1, -0.05) is 6.58 Å². The molecule has 12 heavy (non-hydrogen) atoms. The molecule has 66 valence electrons. The molecular weight excluding hydrogens is 160 g/mol. The lowest BCUT2D eigenvalue weighted by molar-refractivity contribution is -0.154. The van der Waals surface area contributed by atoms with Crippen LogP contribution in [0.2, 0.25) is 0 Å². The second kappa shape index (κ2) is 5.23. The van der Waals surface area contributed by atoms with Gasteiger partial charge in [-0.05, 0) is 13.0 Å². The number of hydrogen-bond acceptors (Lipinski definition) is 4. The largest absolute Gasteiger partial charge is 0.460 e. The molecule has 0 saturated heterocycles. The standard InChI is InChI=1S/C8H10O4/c1-3-6(9)5-7(10)8(11)12-4-2/h3H,1,4-5H2,2H3. The molecule has 0 aliphatic heterocycles. The third-order valence-electron chi connectivity index (χ3n) is 1.07. The minimum atomic E-state index is -0.965. The summed E-state index contributed by atoms with van der Waals surface area (Å²) in [4.78, 5) is 32.0. The summed E-state index contributed by atoms with van der Waals surface area (Å²) in [6, 6.07) is 0. The van der Waals surface area contributed by atoms with Gasteiger partial charge in [-0.3, -0.25) is 9.59 Å². The van der Waals surface area contributed by atoms with Crippen molar-refractivity contribution >= 4 is 17.5 Å². The lowest BCUT2D eigenvalue weighted by Gasteiger charge is -1.97. The fourth-order valence-corrected chi connectivity index (χ4v) is 0.514. The molecular formula is C8H10O4. The zero-order valence-electron chi connectivity index (χ0n) is 6.83. The van der Waals surface area contributed by atoms with Crippen molar-refractivity contribution in [3.05, 3.63) is 12.7 Å². The summed E-state index contributed by atoms with van der Waals surface area (Å²) in [5.74, 6) is -2.28. The van der Waals surface area contributed by atoms with Gasteiger partial charge < -0.3 is 4.74 Å². The smallest absolute Gasteiger partial charge is 0.375 e. The van der Waals surface area contributed by atoms with E-state index in [1.54, 1.807) is 6.92 Å². The fourth-order valence-electron chi connectivity index (χ4n) is 0.514. The molecule has 0 amide bonds. The van der Waals surface area contributed by atoms with Crippen LogP contribution in [-0.2, 0) is 19.1 Å². The highest BCUT2D eigenvalue weighted by molar-refractivity contribution is 6.37. The van der Waals surface area contributed by atoms with Crippen LogP contribution in [0.25, 0.3) is 0 Å². The van der Waals surface area contributed by atoms with Crippen LogP contribution >= 0.6 is 0 Å². The molecule has 0 aromatic heterocycles. The molecule has 0 unspecified atom stereocenters. The van der Waals surface area contributed by atoms with E-state index in [0.717, 1.165) is 6.08 Å². The van der Waals surface area contributed by atoms with Crippen LogP contribution in [0.15, 0.2) is 12.7 Å². The SMILES string of the molecule is C=CC(=O)CC(=O)C(=O)OCC. The molecule has 0 bridgehead atoms. The molecule has 0 aromatic rings. The van der Waals surface area contributed by atoms with E-state index in [4.69, 9.17) is 0 Å². The predicted octanol–water partition coefficient (Wildman–Crippen LogP) is 0.264. The summed E-state index contributed by atoms with van der Waals surface area (Å²) in [6.07, 6.45) is 0.541. The second-order valence-electron chi connectivity index (χ2n) is 1.99. The highest BCUT2D eigenvalue weighted by Gasteiger charge is 2.16. The van der Waals surface area contributed by atoms with E-state index in [2.05, 4.69) is 11.3 Å². The maximum Gasteiger partial charge on any atom is 0.375 e. The highest BCUT2D eigenvalue weighted by Crippen LogP contribution is 1.90. The van der Waals surface area contributed by atoms with Crippen LogP contribution in [0.3, 0.4) is 0 Å². The molecule has 0 fully saturated rings. The molecule has 0 radical (unpaired) electrons. The van der Waals surface area contributed by atoms with Crippen LogP contribution in [0, 0.1) is 0 Å². The van der Waals surface area contributed by atoms with Crippen molar-refractivity contribution in [3.63, 3.8) is 0 Å². The van der Waals surface area contributed by atoms with Crippen molar-refractivity contribution in [2.75, 3.05) is 6.61 Å². The number of carbonyl (C=O) groups excluding carboxylic acids is 3. The Bertz CT molecular complexity index is 217. The Morgan fingerprint density at radius 3 is 2.42 bits per heavy atom. The van der Waals surface area contributed by atoms with E-state index in [9.17, 15) is 14.4 Å². The van der Waals surface area contributed by atoms with Crippen molar-refractivity contribution in [3.8, 4) is 0 Å². The van der Waals surface area contributed by atoms with Crippen LogP contribution in [-0.4, -0.2) is 24.1 Å². The Kier molecular flexibility index (Phi) is 4.60. The first-order valence-electron chi connectivity index (χ1n) is 3.47. The van der Waals surface area contributed by atoms with Gasteiger partial charge in [-0.2, -0.15) is 0 Å². The van der Waals surface area contributed by atoms with Gasteiger partial charge in [0.15, 0.2) is 5.78 Å². The van der Waals surface area contributed by atoms with E-state index in [0.29, 0.717) is 0 Å². The molecule has 4 heteroatoms. The van der Waals surface area contributed by atoms with Crippen LogP contribution in [0.4, 0.5) is 0 Å². The first kappa shape index (κ1) is 10.6. The summed E-state index contributed by atoms with van der Waals surface area (Å²) in [7, 11) is 0. The maximum absolute atomic E-state index is 10.8. The van der Waals surface area contributed by atoms with Crippen LogP contribution in [0.5, 0.6) is 0 Å². The minimum Gasteiger partial charge on any atom is -0.460 e. The highest BCUT2D eigenvalue weighted by atomic mass is 16.5. The Labute approximate surface area is 70.2 Å². The molecule has 0 N–H and O–H groups in total. The summed E-state index contributed by atoms with van der Waals surface area (Å²) in [5, 5.41) is 0. The van der Waals surface area contributed by atoms with Crippen LogP contribution < -0.4 is 0 Å². The summed E-state index contributed by atoms with van der Waals surface area (Å²) in [5.41, 5.74) is 0. The molecule has 0 aliphatic carbocycles. The van der Waals surface area contributed by atoms with Crippen molar-refractivity contribution in [2.24, 2.45) is 0 Å². The fraction of sp³-hybridized carbons (Fsp3) is 0.375. The molecule has 0 aliphatic rings. The first-order valence-corrected chi connectivity index (χ1v) is 3.47. The van der Waals surface area contributed by atoms with E-state index >= 15 is 0 Å². The van der Waals surface area contributed by atoms with Gasteiger partial charge >= 0.3 is 5.97 Å². The van der Waals surface area contributed by atoms with Crippen LogP contribution in [0.1, 0.15) is 13.3 Å². The zero-order valence-corrected chi connectivity index (χ0v) is 6.83. The van der Waals surface area contributed by atoms with Gasteiger partial charge in [0.1, 0.15) is 0 Å². The molecule has 0 heterocycles. The molecule has 0 aromatic carbocycles. The van der Waals surface area contributed by atoms with Gasteiger partial charge in [-0.25, -0.2) is 4.79 Å². The lowest BCUT2D eigenvalue weighted by Crippen LogP contribution is -2.19. The number of hydrogen-bond donors (Lipinski definition) is 0. The van der Waals surface area contributed by atoms with E-state index in [-0.39, 0.29) is 6.61 Å². The van der Waals surface area contributed by atoms with E-state index in [1.807, 2.05) is 0 Å². The van der Waals surface area contributed by atoms with Crippen molar-refractivity contribution in [1.82, 2.24) is 0 Å². The lowest BCUT2D eigenvalue weighted by atomic mass is 10.2. The van der Waals surface area contributed by atoms with Crippen molar-refractivity contribution in [1.29, 1.82) is 0 Å². The average Bonchev–Trinajstić information content (AvgIpc) is 2.04. The molecule has 0 saturated carbocycles. The van der Waals surface area contributed by atoms with Crippen molar-refractivity contribution < 1.29 is 19.1 Å². The average molecular weight is 170 g/mol. The number of esters is 1. The minimum absolute atomic E-state index is 0.132. The Balaban J connectivity index is 3.95. The topological polar surface area (TPSA) is 60.4 Å². The normalized spacial score (nSPS) is 8.75. The predicted molar refractivity (Wildman–Crippen MR) is 41.5 cm³/mol. The van der Waals surface area contributed by atoms with Gasteiger partial charge in [0.05, 0.1) is 13.0 Å². The monoisotopic (exact) mass is 170 g/mol. The third kappa shape index (κ3) is 3.65. The quantitative estimate of drug-likeness (QED) is 0.257. The third-order valence-corrected chi connectivity index (χ3v) is 1.07. The number of ether oxygens (including phenoxy) is 1. The Morgan fingerprint density at radius 2 is 2.00 bits per heavy atom. The van der Waals surface area contributed by atoms with Crippen molar-refractivity contribution in [2.45, 2.75) is 13.3 Å².